The Morgan fingerprint density at radius 3 is 2.50 bits per heavy atom. The number of nitrogens with zero attached hydrogens (tertiary/aromatic N) is 1. The average Bonchev–Trinajstić information content (AvgIpc) is 3.23. The van der Waals surface area contributed by atoms with Crippen molar-refractivity contribution in [3.63, 3.8) is 0 Å². The molecule has 1 fully saturated rings. The Kier molecular flexibility index (Phi) is 4.84. The largest absolute Gasteiger partial charge is 0.497 e. The van der Waals surface area contributed by atoms with E-state index in [1.807, 2.05) is 38.4 Å². The highest BCUT2D eigenvalue weighted by atomic mass is 16.5. The lowest BCUT2D eigenvalue weighted by Gasteiger charge is -2.25. The second-order valence-corrected chi connectivity index (χ2v) is 5.38. The summed E-state index contributed by atoms with van der Waals surface area (Å²) in [5.74, 6) is 0.839. The molecule has 0 spiro atoms. The van der Waals surface area contributed by atoms with Crippen LogP contribution in [-0.2, 0) is 0 Å². The number of benzene rings is 1. The van der Waals surface area contributed by atoms with Gasteiger partial charge in [0.2, 0.25) is 0 Å². The number of hydrogen-bond donors (Lipinski definition) is 2. The number of amides is 2. The zero-order valence-corrected chi connectivity index (χ0v) is 12.3. The smallest absolute Gasteiger partial charge is 0.315 e. The lowest BCUT2D eigenvalue weighted by molar-refractivity contribution is 0.232. The molecule has 1 saturated carbocycles. The van der Waals surface area contributed by atoms with Crippen LogP contribution in [0.5, 0.6) is 5.75 Å². The molecular formula is C15H23N3O2. The Morgan fingerprint density at radius 1 is 1.35 bits per heavy atom. The predicted octanol–water partition coefficient (Wildman–Crippen LogP) is 1.76. The van der Waals surface area contributed by atoms with Gasteiger partial charge in [0.15, 0.2) is 0 Å². The van der Waals surface area contributed by atoms with E-state index < -0.39 is 0 Å². The summed E-state index contributed by atoms with van der Waals surface area (Å²) in [7, 11) is 5.67. The van der Waals surface area contributed by atoms with Gasteiger partial charge in [-0.05, 0) is 44.6 Å². The second kappa shape index (κ2) is 6.61. The van der Waals surface area contributed by atoms with Crippen LogP contribution in [0.4, 0.5) is 4.79 Å². The number of rotatable bonds is 6. The minimum absolute atomic E-state index is 0.0761. The van der Waals surface area contributed by atoms with Crippen LogP contribution in [0.25, 0.3) is 0 Å². The van der Waals surface area contributed by atoms with Crippen molar-refractivity contribution in [1.82, 2.24) is 15.5 Å². The molecule has 2 rings (SSSR count). The van der Waals surface area contributed by atoms with E-state index in [-0.39, 0.29) is 12.1 Å². The third kappa shape index (κ3) is 4.13. The summed E-state index contributed by atoms with van der Waals surface area (Å²) in [5, 5.41) is 5.87. The molecule has 1 aromatic rings. The topological polar surface area (TPSA) is 53.6 Å². The fraction of sp³-hybridized carbons (Fsp3) is 0.533. The van der Waals surface area contributed by atoms with Gasteiger partial charge in [-0.1, -0.05) is 12.1 Å². The Labute approximate surface area is 120 Å². The highest BCUT2D eigenvalue weighted by molar-refractivity contribution is 5.74. The van der Waals surface area contributed by atoms with Crippen molar-refractivity contribution in [2.45, 2.75) is 24.9 Å². The van der Waals surface area contributed by atoms with Crippen LogP contribution in [-0.4, -0.2) is 44.7 Å². The quantitative estimate of drug-likeness (QED) is 0.833. The molecule has 2 amide bonds. The van der Waals surface area contributed by atoms with E-state index in [0.717, 1.165) is 24.2 Å². The SMILES string of the molecule is COc1ccc(C(CNC(=O)NC2CC2)N(C)C)cc1. The first-order valence-corrected chi connectivity index (χ1v) is 6.95. The van der Waals surface area contributed by atoms with Crippen LogP contribution in [0.3, 0.4) is 0 Å². The molecule has 0 heterocycles. The Bertz CT molecular complexity index is 441. The first-order valence-electron chi connectivity index (χ1n) is 6.95. The Hall–Kier alpha value is -1.75. The molecule has 1 aliphatic rings. The fourth-order valence-corrected chi connectivity index (χ4v) is 2.08. The molecule has 0 radical (unpaired) electrons. The van der Waals surface area contributed by atoms with Crippen molar-refractivity contribution in [2.75, 3.05) is 27.7 Å². The van der Waals surface area contributed by atoms with Gasteiger partial charge in [-0.15, -0.1) is 0 Å². The molecule has 0 bridgehead atoms. The van der Waals surface area contributed by atoms with E-state index in [1.54, 1.807) is 7.11 Å². The van der Waals surface area contributed by atoms with Crippen LogP contribution in [0, 0.1) is 0 Å². The summed E-state index contributed by atoms with van der Waals surface area (Å²) in [4.78, 5) is 13.8. The summed E-state index contributed by atoms with van der Waals surface area (Å²) < 4.78 is 5.16. The number of urea groups is 1. The van der Waals surface area contributed by atoms with Crippen molar-refractivity contribution >= 4 is 6.03 Å². The van der Waals surface area contributed by atoms with Gasteiger partial charge in [0.25, 0.3) is 0 Å². The minimum Gasteiger partial charge on any atom is -0.497 e. The number of hydrogen-bond acceptors (Lipinski definition) is 3. The predicted molar refractivity (Wildman–Crippen MR) is 79.0 cm³/mol. The van der Waals surface area contributed by atoms with E-state index in [0.29, 0.717) is 12.6 Å². The van der Waals surface area contributed by atoms with E-state index in [1.165, 1.54) is 0 Å². The van der Waals surface area contributed by atoms with Crippen molar-refractivity contribution in [3.05, 3.63) is 29.8 Å². The molecule has 0 aromatic heterocycles. The summed E-state index contributed by atoms with van der Waals surface area (Å²) in [5.41, 5.74) is 1.16. The van der Waals surface area contributed by atoms with Crippen LogP contribution in [0.1, 0.15) is 24.4 Å². The van der Waals surface area contributed by atoms with Crippen molar-refractivity contribution in [1.29, 1.82) is 0 Å². The minimum atomic E-state index is -0.0761. The molecule has 1 aliphatic carbocycles. The molecule has 20 heavy (non-hydrogen) atoms. The summed E-state index contributed by atoms with van der Waals surface area (Å²) in [6, 6.07) is 8.40. The Balaban J connectivity index is 1.92. The van der Waals surface area contributed by atoms with E-state index >= 15 is 0 Å². The lowest BCUT2D eigenvalue weighted by Crippen LogP contribution is -2.41. The lowest BCUT2D eigenvalue weighted by atomic mass is 10.1. The van der Waals surface area contributed by atoms with Gasteiger partial charge < -0.3 is 20.3 Å². The van der Waals surface area contributed by atoms with Gasteiger partial charge >= 0.3 is 6.03 Å². The molecule has 0 saturated heterocycles. The molecule has 1 aromatic carbocycles. The zero-order chi connectivity index (χ0) is 14.5. The number of nitrogens with one attached hydrogen (secondary N) is 2. The molecule has 5 nitrogen and oxygen atoms in total. The number of methoxy groups -OCH3 is 1. The van der Waals surface area contributed by atoms with E-state index in [9.17, 15) is 4.79 Å². The first kappa shape index (κ1) is 14.7. The second-order valence-electron chi connectivity index (χ2n) is 5.38. The Morgan fingerprint density at radius 2 is 2.00 bits per heavy atom. The molecule has 1 unspecified atom stereocenters. The van der Waals surface area contributed by atoms with Gasteiger partial charge in [0.05, 0.1) is 13.2 Å². The number of likely N-dealkylation sites (N-methyl/N-ethyl adjacent to an activating group) is 1. The highest BCUT2D eigenvalue weighted by Crippen LogP contribution is 2.21. The van der Waals surface area contributed by atoms with Gasteiger partial charge in [0, 0.05) is 12.6 Å². The summed E-state index contributed by atoms with van der Waals surface area (Å²) in [6.07, 6.45) is 2.20. The zero-order valence-electron chi connectivity index (χ0n) is 12.3. The third-order valence-corrected chi connectivity index (χ3v) is 3.49. The van der Waals surface area contributed by atoms with Gasteiger partial charge in [-0.25, -0.2) is 4.79 Å². The first-order chi connectivity index (χ1) is 9.60. The van der Waals surface area contributed by atoms with Gasteiger partial charge in [-0.3, -0.25) is 0 Å². The van der Waals surface area contributed by atoms with Gasteiger partial charge in [0.1, 0.15) is 5.75 Å². The number of carbonyl (C=O) groups excluding carboxylic acids is 1. The van der Waals surface area contributed by atoms with Crippen molar-refractivity contribution < 1.29 is 9.53 Å². The van der Waals surface area contributed by atoms with E-state index in [2.05, 4.69) is 15.5 Å². The molecule has 0 aliphatic heterocycles. The normalized spacial score (nSPS) is 15.8. The van der Waals surface area contributed by atoms with Crippen LogP contribution < -0.4 is 15.4 Å². The van der Waals surface area contributed by atoms with E-state index in [4.69, 9.17) is 4.74 Å². The summed E-state index contributed by atoms with van der Waals surface area (Å²) >= 11 is 0. The number of carbonyl (C=O) groups is 1. The van der Waals surface area contributed by atoms with Crippen LogP contribution in [0.2, 0.25) is 0 Å². The molecule has 1 atom stereocenters. The third-order valence-electron chi connectivity index (χ3n) is 3.49. The maximum atomic E-state index is 11.7. The van der Waals surface area contributed by atoms with Crippen molar-refractivity contribution in [3.8, 4) is 5.75 Å². The molecular weight excluding hydrogens is 254 g/mol. The molecule has 2 N–H and O–H groups in total. The maximum Gasteiger partial charge on any atom is 0.315 e. The standard InChI is InChI=1S/C15H23N3O2/c1-18(2)14(10-16-15(19)17-12-6-7-12)11-4-8-13(20-3)9-5-11/h4-5,8-9,12,14H,6-7,10H2,1-3H3,(H2,16,17,19). The monoisotopic (exact) mass is 277 g/mol. The van der Waals surface area contributed by atoms with Crippen molar-refractivity contribution in [2.24, 2.45) is 0 Å². The van der Waals surface area contributed by atoms with Crippen LogP contribution >= 0.6 is 0 Å². The fourth-order valence-electron chi connectivity index (χ4n) is 2.08. The van der Waals surface area contributed by atoms with Crippen LogP contribution in [0.15, 0.2) is 24.3 Å². The highest BCUT2D eigenvalue weighted by Gasteiger charge is 2.23. The number of ether oxygens (including phenoxy) is 1. The summed E-state index contributed by atoms with van der Waals surface area (Å²) in [6.45, 7) is 0.581. The average molecular weight is 277 g/mol. The van der Waals surface area contributed by atoms with Gasteiger partial charge in [-0.2, -0.15) is 0 Å². The molecule has 110 valence electrons. The maximum absolute atomic E-state index is 11.7. The molecule has 5 heteroatoms.